The Labute approximate surface area is 171 Å². The first-order valence-corrected chi connectivity index (χ1v) is 8.72. The molecule has 5 rings (SSSR count). The molecule has 12 heteroatoms. The SMILES string of the molecule is FC1=C(F)c2nc1c(F)c1[nH]c(cc3nc(cc4[nH]c(c2F)c(F)c4F)C=C3)c(F)c1F. The summed E-state index contributed by atoms with van der Waals surface area (Å²) in [5.74, 6) is -14.5. The molecule has 0 fully saturated rings. The minimum absolute atomic E-state index is 0.00630. The third-order valence-electron chi connectivity index (χ3n) is 4.77. The standard InChI is InChI=1S/C20H6F8N4/c21-9-7-3-5-1-2-6(29-5)4-8-10(22)12(24)18(31-8)16(28)20-14(26)13(25)19(32-20)15(27)17(30-7)11(9)23/h1-4,30-31H. The van der Waals surface area contributed by atoms with Gasteiger partial charge in [0.05, 0.1) is 22.4 Å². The van der Waals surface area contributed by atoms with Crippen molar-refractivity contribution in [2.75, 3.05) is 0 Å². The highest BCUT2D eigenvalue weighted by atomic mass is 19.2. The lowest BCUT2D eigenvalue weighted by Gasteiger charge is -1.91. The lowest BCUT2D eigenvalue weighted by atomic mass is 10.3. The Hall–Kier alpha value is -3.96. The Kier molecular flexibility index (Phi) is 4.23. The quantitative estimate of drug-likeness (QED) is 0.316. The zero-order valence-corrected chi connectivity index (χ0v) is 15.2. The first kappa shape index (κ1) is 20.0. The summed E-state index contributed by atoms with van der Waals surface area (Å²) in [5, 5.41) is 0. The number of aromatic amines is 2. The molecule has 162 valence electrons. The minimum Gasteiger partial charge on any atom is -0.348 e. The molecule has 0 aromatic carbocycles. The molecule has 0 atom stereocenters. The minimum atomic E-state index is -2.04. The highest BCUT2D eigenvalue weighted by Crippen LogP contribution is 2.36. The maximum absolute atomic E-state index is 14.8. The van der Waals surface area contributed by atoms with Crippen LogP contribution in [0.25, 0.3) is 45.9 Å². The van der Waals surface area contributed by atoms with Gasteiger partial charge in [-0.15, -0.1) is 0 Å². The molecular weight excluding hydrogens is 448 g/mol. The molecule has 0 aliphatic carbocycles. The second-order valence-electron chi connectivity index (χ2n) is 6.73. The van der Waals surface area contributed by atoms with Crippen LogP contribution in [-0.2, 0) is 0 Å². The third-order valence-corrected chi connectivity index (χ3v) is 4.77. The van der Waals surface area contributed by atoms with Crippen LogP contribution in [0.2, 0.25) is 0 Å². The number of halogens is 8. The van der Waals surface area contributed by atoms with Crippen molar-refractivity contribution in [2.45, 2.75) is 0 Å². The van der Waals surface area contributed by atoms with Crippen molar-refractivity contribution < 1.29 is 35.1 Å². The van der Waals surface area contributed by atoms with Crippen molar-refractivity contribution in [3.63, 3.8) is 0 Å². The summed E-state index contributed by atoms with van der Waals surface area (Å²) in [6.45, 7) is 0. The summed E-state index contributed by atoms with van der Waals surface area (Å²) in [6, 6.07) is 1.92. The average Bonchev–Trinajstić information content (AvgIpc) is 3.48. The van der Waals surface area contributed by atoms with E-state index in [1.807, 2.05) is 9.97 Å². The first-order valence-electron chi connectivity index (χ1n) is 8.72. The van der Waals surface area contributed by atoms with Gasteiger partial charge in [0, 0.05) is 0 Å². The summed E-state index contributed by atoms with van der Waals surface area (Å²) in [7, 11) is 0. The lowest BCUT2D eigenvalue weighted by molar-refractivity contribution is 0.522. The van der Waals surface area contributed by atoms with Crippen molar-refractivity contribution in [1.29, 1.82) is 0 Å². The number of fused-ring (bicyclic) bond motifs is 8. The number of H-pyrrole nitrogens is 2. The molecule has 2 aliphatic heterocycles. The lowest BCUT2D eigenvalue weighted by Crippen LogP contribution is -1.90. The van der Waals surface area contributed by atoms with Crippen LogP contribution in [0.15, 0.2) is 12.1 Å². The third kappa shape index (κ3) is 2.75. The molecule has 3 aromatic rings. The van der Waals surface area contributed by atoms with Gasteiger partial charge in [0.25, 0.3) is 0 Å². The van der Waals surface area contributed by atoms with Crippen molar-refractivity contribution in [3.8, 4) is 0 Å². The Bertz CT molecular complexity index is 1450. The molecule has 8 bridgehead atoms. The van der Waals surface area contributed by atoms with Crippen LogP contribution < -0.4 is 0 Å². The zero-order valence-electron chi connectivity index (χ0n) is 15.2. The van der Waals surface area contributed by atoms with E-state index in [1.54, 1.807) is 0 Å². The van der Waals surface area contributed by atoms with E-state index in [4.69, 9.17) is 0 Å². The zero-order chi connectivity index (χ0) is 22.9. The number of nitrogens with one attached hydrogen (secondary N) is 2. The van der Waals surface area contributed by atoms with E-state index in [0.29, 0.717) is 0 Å². The summed E-state index contributed by atoms with van der Waals surface area (Å²) in [6.07, 6.45) is 2.60. The fourth-order valence-corrected chi connectivity index (χ4v) is 3.24. The number of rotatable bonds is 0. The van der Waals surface area contributed by atoms with Crippen LogP contribution in [0.4, 0.5) is 35.1 Å². The predicted molar refractivity (Wildman–Crippen MR) is 98.7 cm³/mol. The van der Waals surface area contributed by atoms with Gasteiger partial charge < -0.3 is 9.97 Å². The number of hydrogen-bond acceptors (Lipinski definition) is 2. The largest absolute Gasteiger partial charge is 0.348 e. The summed E-state index contributed by atoms with van der Waals surface area (Å²) in [4.78, 5) is 11.1. The topological polar surface area (TPSA) is 57.4 Å². The van der Waals surface area contributed by atoms with Gasteiger partial charge in [-0.25, -0.2) is 45.1 Å². The molecule has 0 radical (unpaired) electrons. The maximum atomic E-state index is 14.8. The molecule has 32 heavy (non-hydrogen) atoms. The van der Waals surface area contributed by atoms with E-state index in [9.17, 15) is 35.1 Å². The normalized spacial score (nSPS) is 13.4. The monoisotopic (exact) mass is 454 g/mol. The molecular formula is C20H6F8N4. The molecule has 0 amide bonds. The van der Waals surface area contributed by atoms with Crippen LogP contribution in [-0.4, -0.2) is 19.9 Å². The molecule has 0 spiro atoms. The van der Waals surface area contributed by atoms with Crippen LogP contribution in [0.5, 0.6) is 0 Å². The van der Waals surface area contributed by atoms with Crippen LogP contribution in [0.1, 0.15) is 22.8 Å². The van der Waals surface area contributed by atoms with Gasteiger partial charge in [0.2, 0.25) is 0 Å². The fourth-order valence-electron chi connectivity index (χ4n) is 3.24. The van der Waals surface area contributed by atoms with Gasteiger partial charge in [-0.2, -0.15) is 0 Å². The Balaban J connectivity index is 2.04. The van der Waals surface area contributed by atoms with Gasteiger partial charge in [-0.3, -0.25) is 0 Å². The number of hydrogen-bond donors (Lipinski definition) is 2. The van der Waals surface area contributed by atoms with Crippen molar-refractivity contribution >= 4 is 45.9 Å². The second-order valence-corrected chi connectivity index (χ2v) is 6.73. The van der Waals surface area contributed by atoms with Gasteiger partial charge >= 0.3 is 0 Å². The number of nitrogens with zero attached hydrogens (tertiary/aromatic N) is 2. The first-order chi connectivity index (χ1) is 15.2. The maximum Gasteiger partial charge on any atom is 0.189 e. The molecule has 2 N–H and O–H groups in total. The smallest absolute Gasteiger partial charge is 0.189 e. The van der Waals surface area contributed by atoms with Crippen LogP contribution in [0.3, 0.4) is 0 Å². The Morgan fingerprint density at radius 3 is 1.31 bits per heavy atom. The average molecular weight is 454 g/mol. The molecule has 0 unspecified atom stereocenters. The molecule has 4 nitrogen and oxygen atoms in total. The Morgan fingerprint density at radius 1 is 0.500 bits per heavy atom. The molecule has 0 saturated heterocycles. The molecule has 2 aliphatic rings. The Morgan fingerprint density at radius 2 is 0.906 bits per heavy atom. The van der Waals surface area contributed by atoms with Crippen LogP contribution >= 0.6 is 0 Å². The van der Waals surface area contributed by atoms with Gasteiger partial charge in [0.1, 0.15) is 22.4 Å². The molecule has 5 heterocycles. The summed E-state index contributed by atoms with van der Waals surface area (Å²) < 4.78 is 115. The van der Waals surface area contributed by atoms with Gasteiger partial charge in [-0.05, 0) is 24.3 Å². The van der Waals surface area contributed by atoms with Crippen molar-refractivity contribution in [2.24, 2.45) is 0 Å². The van der Waals surface area contributed by atoms with E-state index < -0.39 is 80.0 Å². The van der Waals surface area contributed by atoms with E-state index in [-0.39, 0.29) is 11.4 Å². The molecule has 3 aromatic heterocycles. The summed E-state index contributed by atoms with van der Waals surface area (Å²) >= 11 is 0. The fraction of sp³-hybridized carbons (Fsp3) is 0. The van der Waals surface area contributed by atoms with E-state index in [1.165, 1.54) is 12.2 Å². The number of aromatic nitrogens is 4. The second kappa shape index (κ2) is 6.77. The van der Waals surface area contributed by atoms with E-state index >= 15 is 0 Å². The van der Waals surface area contributed by atoms with Crippen LogP contribution in [0, 0.1) is 34.9 Å². The van der Waals surface area contributed by atoms with Gasteiger partial charge in [-0.1, -0.05) is 0 Å². The van der Waals surface area contributed by atoms with E-state index in [2.05, 4.69) is 9.97 Å². The van der Waals surface area contributed by atoms with Gasteiger partial charge in [0.15, 0.2) is 46.6 Å². The molecule has 0 saturated carbocycles. The van der Waals surface area contributed by atoms with Crippen molar-refractivity contribution in [1.82, 2.24) is 19.9 Å². The highest BCUT2D eigenvalue weighted by molar-refractivity contribution is 5.87. The predicted octanol–water partition coefficient (Wildman–Crippen LogP) is 6.08. The van der Waals surface area contributed by atoms with Crippen molar-refractivity contribution in [3.05, 3.63) is 69.8 Å². The van der Waals surface area contributed by atoms with E-state index in [0.717, 1.165) is 12.1 Å². The summed E-state index contributed by atoms with van der Waals surface area (Å²) in [5.41, 5.74) is -6.63. The highest BCUT2D eigenvalue weighted by Gasteiger charge is 2.30.